The Bertz CT molecular complexity index is 311. The third-order valence-electron chi connectivity index (χ3n) is 2.44. The maximum atomic E-state index is 10.9. The lowest BCUT2D eigenvalue weighted by atomic mass is 9.80. The van der Waals surface area contributed by atoms with Crippen molar-refractivity contribution in [2.24, 2.45) is 5.41 Å². The minimum absolute atomic E-state index is 0.0251. The molecule has 0 atom stereocenters. The Balaban J connectivity index is 2.99. The van der Waals surface area contributed by atoms with Crippen LogP contribution >= 0.6 is 0 Å². The number of carboxylic acid groups (broad SMARTS) is 2. The highest BCUT2D eigenvalue weighted by molar-refractivity contribution is 6.01. The lowest BCUT2D eigenvalue weighted by molar-refractivity contribution is -0.160. The number of allylic oxidation sites excluding steroid dienone is 3. The van der Waals surface area contributed by atoms with E-state index in [0.717, 1.165) is 12.0 Å². The van der Waals surface area contributed by atoms with E-state index in [1.807, 2.05) is 6.92 Å². The van der Waals surface area contributed by atoms with Crippen molar-refractivity contribution >= 4 is 11.9 Å². The maximum Gasteiger partial charge on any atom is 0.325 e. The van der Waals surface area contributed by atoms with Gasteiger partial charge in [-0.05, 0) is 12.8 Å². The average Bonchev–Trinajstić information content (AvgIpc) is 2.17. The van der Waals surface area contributed by atoms with Crippen molar-refractivity contribution in [1.82, 2.24) is 0 Å². The Morgan fingerprint density at radius 1 is 1.43 bits per heavy atom. The van der Waals surface area contributed by atoms with E-state index >= 15 is 0 Å². The van der Waals surface area contributed by atoms with Crippen LogP contribution in [-0.4, -0.2) is 22.2 Å². The SMILES string of the molecule is CCC1=CCC(C(=O)O)(C(=O)O)C=C1. The van der Waals surface area contributed by atoms with Crippen molar-refractivity contribution < 1.29 is 19.8 Å². The molecular weight excluding hydrogens is 184 g/mol. The van der Waals surface area contributed by atoms with Gasteiger partial charge in [-0.2, -0.15) is 0 Å². The van der Waals surface area contributed by atoms with Crippen LogP contribution in [0.2, 0.25) is 0 Å². The third-order valence-corrected chi connectivity index (χ3v) is 2.44. The number of carboxylic acids is 2. The van der Waals surface area contributed by atoms with Crippen LogP contribution in [0.1, 0.15) is 19.8 Å². The minimum Gasteiger partial charge on any atom is -0.480 e. The zero-order chi connectivity index (χ0) is 10.8. The van der Waals surface area contributed by atoms with Gasteiger partial charge < -0.3 is 10.2 Å². The van der Waals surface area contributed by atoms with E-state index in [1.54, 1.807) is 12.2 Å². The van der Waals surface area contributed by atoms with Crippen molar-refractivity contribution in [1.29, 1.82) is 0 Å². The van der Waals surface area contributed by atoms with Gasteiger partial charge in [0.15, 0.2) is 5.41 Å². The molecule has 0 fully saturated rings. The highest BCUT2D eigenvalue weighted by Crippen LogP contribution is 2.31. The summed E-state index contributed by atoms with van der Waals surface area (Å²) >= 11 is 0. The molecule has 0 amide bonds. The van der Waals surface area contributed by atoms with Gasteiger partial charge in [0.25, 0.3) is 0 Å². The lowest BCUT2D eigenvalue weighted by Crippen LogP contribution is -2.38. The first-order chi connectivity index (χ1) is 6.53. The molecule has 4 nitrogen and oxygen atoms in total. The number of rotatable bonds is 3. The summed E-state index contributed by atoms with van der Waals surface area (Å²) in [5, 5.41) is 17.7. The number of carbonyl (C=O) groups is 2. The Morgan fingerprint density at radius 3 is 2.29 bits per heavy atom. The van der Waals surface area contributed by atoms with Crippen molar-refractivity contribution in [3.8, 4) is 0 Å². The molecule has 14 heavy (non-hydrogen) atoms. The number of aliphatic carboxylic acids is 2. The topological polar surface area (TPSA) is 74.6 Å². The van der Waals surface area contributed by atoms with Gasteiger partial charge in [-0.15, -0.1) is 0 Å². The largest absolute Gasteiger partial charge is 0.480 e. The Labute approximate surface area is 81.6 Å². The molecule has 0 radical (unpaired) electrons. The summed E-state index contributed by atoms with van der Waals surface area (Å²) in [7, 11) is 0. The van der Waals surface area contributed by atoms with Crippen LogP contribution in [-0.2, 0) is 9.59 Å². The van der Waals surface area contributed by atoms with E-state index in [9.17, 15) is 9.59 Å². The summed E-state index contributed by atoms with van der Waals surface area (Å²) in [5.41, 5.74) is -0.790. The van der Waals surface area contributed by atoms with Crippen LogP contribution in [0.3, 0.4) is 0 Å². The Hall–Kier alpha value is -1.58. The first-order valence-corrected chi connectivity index (χ1v) is 4.38. The quantitative estimate of drug-likeness (QED) is 0.670. The van der Waals surface area contributed by atoms with Crippen LogP contribution in [0.4, 0.5) is 0 Å². The second kappa shape index (κ2) is 3.65. The molecule has 0 aromatic carbocycles. The van der Waals surface area contributed by atoms with Crippen LogP contribution in [0.25, 0.3) is 0 Å². The molecule has 1 aliphatic carbocycles. The summed E-state index contributed by atoms with van der Waals surface area (Å²) in [4.78, 5) is 21.7. The van der Waals surface area contributed by atoms with Gasteiger partial charge in [-0.25, -0.2) is 0 Å². The fourth-order valence-corrected chi connectivity index (χ4v) is 1.35. The summed E-state index contributed by atoms with van der Waals surface area (Å²) in [5.74, 6) is -2.62. The standard InChI is InChI=1S/C10H12O4/c1-2-7-3-5-10(6-4-7,8(11)12)9(13)14/h3-5H,2,6H2,1H3,(H,11,12)(H,13,14). The van der Waals surface area contributed by atoms with Gasteiger partial charge in [0.05, 0.1) is 0 Å². The Morgan fingerprint density at radius 2 is 2.00 bits per heavy atom. The summed E-state index contributed by atoms with van der Waals surface area (Å²) < 4.78 is 0. The van der Waals surface area contributed by atoms with E-state index in [1.165, 1.54) is 6.08 Å². The van der Waals surface area contributed by atoms with Crippen LogP contribution in [0.15, 0.2) is 23.8 Å². The van der Waals surface area contributed by atoms with Gasteiger partial charge in [0.2, 0.25) is 0 Å². The highest BCUT2D eigenvalue weighted by Gasteiger charge is 2.44. The third kappa shape index (κ3) is 1.55. The molecule has 0 aromatic rings. The molecule has 1 rings (SSSR count). The van der Waals surface area contributed by atoms with Gasteiger partial charge >= 0.3 is 11.9 Å². The number of hydrogen-bond donors (Lipinski definition) is 2. The van der Waals surface area contributed by atoms with Gasteiger partial charge in [0, 0.05) is 0 Å². The van der Waals surface area contributed by atoms with Crippen molar-refractivity contribution in [3.05, 3.63) is 23.8 Å². The predicted molar refractivity (Wildman–Crippen MR) is 49.8 cm³/mol. The van der Waals surface area contributed by atoms with Crippen LogP contribution < -0.4 is 0 Å². The molecule has 0 aliphatic heterocycles. The van der Waals surface area contributed by atoms with E-state index in [2.05, 4.69) is 0 Å². The summed E-state index contributed by atoms with van der Waals surface area (Å²) in [6.45, 7) is 1.94. The Kier molecular flexibility index (Phi) is 2.74. The molecule has 0 spiro atoms. The molecule has 0 unspecified atom stereocenters. The van der Waals surface area contributed by atoms with Crippen LogP contribution in [0, 0.1) is 5.41 Å². The normalized spacial score (nSPS) is 18.8. The molecular formula is C10H12O4. The van der Waals surface area contributed by atoms with Gasteiger partial charge in [0.1, 0.15) is 0 Å². The van der Waals surface area contributed by atoms with E-state index in [4.69, 9.17) is 10.2 Å². The first kappa shape index (κ1) is 10.5. The molecule has 4 heteroatoms. The zero-order valence-electron chi connectivity index (χ0n) is 7.86. The summed E-state index contributed by atoms with van der Waals surface area (Å²) in [6, 6.07) is 0. The average molecular weight is 196 g/mol. The van der Waals surface area contributed by atoms with Gasteiger partial charge in [-0.1, -0.05) is 30.7 Å². The fourth-order valence-electron chi connectivity index (χ4n) is 1.35. The van der Waals surface area contributed by atoms with Crippen molar-refractivity contribution in [2.75, 3.05) is 0 Å². The molecule has 0 heterocycles. The van der Waals surface area contributed by atoms with Crippen molar-refractivity contribution in [2.45, 2.75) is 19.8 Å². The smallest absolute Gasteiger partial charge is 0.325 e. The fraction of sp³-hybridized carbons (Fsp3) is 0.400. The minimum atomic E-state index is -1.77. The van der Waals surface area contributed by atoms with E-state index in [-0.39, 0.29) is 6.42 Å². The van der Waals surface area contributed by atoms with Gasteiger partial charge in [-0.3, -0.25) is 9.59 Å². The molecule has 0 saturated carbocycles. The van der Waals surface area contributed by atoms with Crippen LogP contribution in [0.5, 0.6) is 0 Å². The summed E-state index contributed by atoms with van der Waals surface area (Å²) in [6.07, 6.45) is 5.31. The molecule has 1 aliphatic rings. The zero-order valence-corrected chi connectivity index (χ0v) is 7.86. The predicted octanol–water partition coefficient (Wildman–Crippen LogP) is 1.44. The molecule has 0 aromatic heterocycles. The monoisotopic (exact) mass is 196 g/mol. The molecule has 76 valence electrons. The molecule has 0 bridgehead atoms. The lowest BCUT2D eigenvalue weighted by Gasteiger charge is -2.22. The van der Waals surface area contributed by atoms with E-state index in [0.29, 0.717) is 0 Å². The molecule has 2 N–H and O–H groups in total. The van der Waals surface area contributed by atoms with Crippen molar-refractivity contribution in [3.63, 3.8) is 0 Å². The molecule has 0 saturated heterocycles. The second-order valence-electron chi connectivity index (χ2n) is 3.25. The first-order valence-electron chi connectivity index (χ1n) is 4.38. The van der Waals surface area contributed by atoms with E-state index < -0.39 is 17.4 Å². The number of hydrogen-bond acceptors (Lipinski definition) is 2. The maximum absolute atomic E-state index is 10.9. The second-order valence-corrected chi connectivity index (χ2v) is 3.25. The highest BCUT2D eigenvalue weighted by atomic mass is 16.4.